The number of imidazole rings is 1. The summed E-state index contributed by atoms with van der Waals surface area (Å²) in [5.74, 6) is 0.764. The quantitative estimate of drug-likeness (QED) is 0.251. The molecule has 1 unspecified atom stereocenters. The number of H-pyrrole nitrogens is 1. The summed E-state index contributed by atoms with van der Waals surface area (Å²) < 4.78 is 11.7. The molecule has 8 rings (SSSR count). The summed E-state index contributed by atoms with van der Waals surface area (Å²) in [7, 11) is 3.32. The highest BCUT2D eigenvalue weighted by molar-refractivity contribution is 6.05. The number of piperidine rings is 2. The van der Waals surface area contributed by atoms with Gasteiger partial charge >= 0.3 is 0 Å². The number of hydrogen-bond acceptors (Lipinski definition) is 11. The van der Waals surface area contributed by atoms with Crippen molar-refractivity contribution in [1.82, 2.24) is 35.1 Å². The maximum absolute atomic E-state index is 13.3. The lowest BCUT2D eigenvalue weighted by Crippen LogP contribution is -2.60. The number of amides is 3. The van der Waals surface area contributed by atoms with E-state index in [4.69, 9.17) is 15.2 Å². The van der Waals surface area contributed by atoms with Crippen LogP contribution in [0.5, 0.6) is 11.5 Å². The van der Waals surface area contributed by atoms with Crippen LogP contribution in [0.3, 0.4) is 0 Å². The summed E-state index contributed by atoms with van der Waals surface area (Å²) in [6.45, 7) is 4.86. The zero-order valence-corrected chi connectivity index (χ0v) is 26.9. The first-order valence-corrected chi connectivity index (χ1v) is 16.2. The van der Waals surface area contributed by atoms with E-state index in [1.165, 1.54) is 0 Å². The third-order valence-electron chi connectivity index (χ3n) is 10.4. The molecule has 1 atom stereocenters. The fraction of sp³-hybridized carbons (Fsp3) is 0.412. The molecule has 0 aliphatic carbocycles. The molecule has 0 radical (unpaired) electrons. The lowest BCUT2D eigenvalue weighted by Gasteiger charge is -2.55. The molecule has 3 amide bonds. The second-order valence-corrected chi connectivity index (χ2v) is 13.3. The number of ether oxygens (including phenoxy) is 2. The van der Waals surface area contributed by atoms with Gasteiger partial charge in [-0.15, -0.1) is 0 Å². The summed E-state index contributed by atoms with van der Waals surface area (Å²) in [5, 5.41) is 2.37. The van der Waals surface area contributed by atoms with Crippen LogP contribution in [0.1, 0.15) is 47.2 Å². The van der Waals surface area contributed by atoms with Crippen molar-refractivity contribution in [3.63, 3.8) is 0 Å². The van der Waals surface area contributed by atoms with Gasteiger partial charge in [0.1, 0.15) is 28.8 Å². The van der Waals surface area contributed by atoms with Gasteiger partial charge in [0.05, 0.1) is 26.1 Å². The fourth-order valence-electron chi connectivity index (χ4n) is 7.75. The van der Waals surface area contributed by atoms with Crippen molar-refractivity contribution in [2.75, 3.05) is 51.0 Å². The molecule has 1 spiro atoms. The standard InChI is InChI=1S/C34H37N9O5/c1-47-25-11-20(28-29-30(37-18-36-29)40-33(35)39-28)12-26(48-2)23(25)15-41-9-7-34(8-10-41)16-42(17-34)21-4-3-19-14-43(32(46)22(19)13-21)24-5-6-27(44)38-31(24)45/h3-4,11-13,18,24H,5-10,14-17H2,1-2H3,(H,38,44,45)(H3,35,36,37,39,40). The van der Waals surface area contributed by atoms with Crippen molar-refractivity contribution in [3.05, 3.63) is 53.3 Å². The number of methoxy groups -OCH3 is 2. The molecule has 4 N–H and O–H groups in total. The number of anilines is 2. The molecule has 3 saturated heterocycles. The van der Waals surface area contributed by atoms with Gasteiger partial charge in [0.2, 0.25) is 17.8 Å². The molecule has 48 heavy (non-hydrogen) atoms. The van der Waals surface area contributed by atoms with Crippen LogP contribution < -0.4 is 25.4 Å². The summed E-state index contributed by atoms with van der Waals surface area (Å²) in [6, 6.07) is 9.37. The summed E-state index contributed by atoms with van der Waals surface area (Å²) in [5.41, 5.74) is 12.4. The van der Waals surface area contributed by atoms with Crippen LogP contribution in [-0.2, 0) is 22.7 Å². The second kappa shape index (κ2) is 11.5. The van der Waals surface area contributed by atoms with Crippen molar-refractivity contribution in [2.45, 2.75) is 44.8 Å². The highest BCUT2D eigenvalue weighted by Gasteiger charge is 2.46. The van der Waals surface area contributed by atoms with Crippen LogP contribution in [-0.4, -0.2) is 93.9 Å². The van der Waals surface area contributed by atoms with Gasteiger partial charge in [-0.25, -0.2) is 9.97 Å². The molecule has 0 saturated carbocycles. The highest BCUT2D eigenvalue weighted by Crippen LogP contribution is 2.45. The summed E-state index contributed by atoms with van der Waals surface area (Å²) >= 11 is 0. The number of fused-ring (bicyclic) bond motifs is 2. The van der Waals surface area contributed by atoms with Gasteiger partial charge in [-0.1, -0.05) is 6.07 Å². The number of nitrogens with zero attached hydrogens (tertiary/aromatic N) is 6. The molecule has 0 bridgehead atoms. The van der Waals surface area contributed by atoms with Crippen molar-refractivity contribution in [3.8, 4) is 22.8 Å². The number of aromatic amines is 1. The Morgan fingerprint density at radius 1 is 1.02 bits per heavy atom. The lowest BCUT2D eigenvalue weighted by atomic mass is 9.71. The fourth-order valence-corrected chi connectivity index (χ4v) is 7.75. The highest BCUT2D eigenvalue weighted by atomic mass is 16.5. The second-order valence-electron chi connectivity index (χ2n) is 13.3. The molecule has 6 heterocycles. The number of aromatic nitrogens is 4. The molecular formula is C34H37N9O5. The molecule has 248 valence electrons. The zero-order valence-electron chi connectivity index (χ0n) is 26.9. The van der Waals surface area contributed by atoms with Gasteiger partial charge in [-0.05, 0) is 62.2 Å². The van der Waals surface area contributed by atoms with Crippen LogP contribution in [0, 0.1) is 5.41 Å². The molecular weight excluding hydrogens is 614 g/mol. The number of carbonyl (C=O) groups is 3. The first-order valence-electron chi connectivity index (χ1n) is 16.2. The number of benzene rings is 2. The van der Waals surface area contributed by atoms with Crippen LogP contribution >= 0.6 is 0 Å². The Balaban J connectivity index is 0.918. The smallest absolute Gasteiger partial charge is 0.255 e. The van der Waals surface area contributed by atoms with Gasteiger partial charge in [0.25, 0.3) is 5.91 Å². The van der Waals surface area contributed by atoms with Crippen LogP contribution in [0.4, 0.5) is 11.6 Å². The predicted octanol–water partition coefficient (Wildman–Crippen LogP) is 2.48. The molecule has 4 aromatic rings. The molecule has 4 aliphatic heterocycles. The molecule has 3 fully saturated rings. The molecule has 2 aromatic heterocycles. The van der Waals surface area contributed by atoms with Gasteiger partial charge < -0.3 is 30.0 Å². The summed E-state index contributed by atoms with van der Waals surface area (Å²) in [4.78, 5) is 59.8. The number of imide groups is 1. The number of rotatable bonds is 7. The van der Waals surface area contributed by atoms with Gasteiger partial charge in [0, 0.05) is 54.8 Å². The van der Waals surface area contributed by atoms with E-state index in [1.54, 1.807) is 25.4 Å². The minimum atomic E-state index is -0.604. The van der Waals surface area contributed by atoms with Crippen molar-refractivity contribution in [2.24, 2.45) is 5.41 Å². The first kappa shape index (κ1) is 30.1. The van der Waals surface area contributed by atoms with Gasteiger partial charge in [-0.2, -0.15) is 4.98 Å². The maximum atomic E-state index is 13.3. The van der Waals surface area contributed by atoms with E-state index in [1.807, 2.05) is 24.3 Å². The Bertz CT molecular complexity index is 1930. The monoisotopic (exact) mass is 651 g/mol. The number of hydrogen-bond donors (Lipinski definition) is 3. The van der Waals surface area contributed by atoms with E-state index in [9.17, 15) is 14.4 Å². The number of nitrogen functional groups attached to an aromatic ring is 1. The Hall–Kier alpha value is -5.24. The normalized spacial score (nSPS) is 20.6. The largest absolute Gasteiger partial charge is 0.496 e. The van der Waals surface area contributed by atoms with Gasteiger partial charge in [-0.3, -0.25) is 24.6 Å². The van der Waals surface area contributed by atoms with E-state index in [-0.39, 0.29) is 35.5 Å². The Labute approximate surface area is 276 Å². The number of nitrogens with two attached hydrogens (primary N) is 1. The first-order chi connectivity index (χ1) is 23.2. The Kier molecular flexibility index (Phi) is 7.20. The van der Waals surface area contributed by atoms with Crippen molar-refractivity contribution >= 4 is 40.5 Å². The van der Waals surface area contributed by atoms with Crippen LogP contribution in [0.2, 0.25) is 0 Å². The Morgan fingerprint density at radius 2 is 1.77 bits per heavy atom. The minimum Gasteiger partial charge on any atom is -0.496 e. The van der Waals surface area contributed by atoms with Gasteiger partial charge in [0.15, 0.2) is 5.65 Å². The topological polar surface area (TPSA) is 172 Å². The predicted molar refractivity (Wildman–Crippen MR) is 176 cm³/mol. The van der Waals surface area contributed by atoms with Crippen molar-refractivity contribution in [1.29, 1.82) is 0 Å². The van der Waals surface area contributed by atoms with Crippen molar-refractivity contribution < 1.29 is 23.9 Å². The summed E-state index contributed by atoms with van der Waals surface area (Å²) in [6.07, 6.45) is 4.32. The zero-order chi connectivity index (χ0) is 33.2. The SMILES string of the molecule is COc1cc(-c2nc(N)nc3nc[nH]c23)cc(OC)c1CN1CCC2(CC1)CN(c1ccc3c(c1)C(=O)N(C1CCC(=O)NC1=O)C3)C2. The molecule has 2 aromatic carbocycles. The molecule has 14 nitrogen and oxygen atoms in total. The number of carbonyl (C=O) groups excluding carboxylic acids is 3. The number of nitrogens with one attached hydrogen (secondary N) is 2. The number of likely N-dealkylation sites (tertiary alicyclic amines) is 1. The van der Waals surface area contributed by atoms with E-state index < -0.39 is 6.04 Å². The van der Waals surface area contributed by atoms with E-state index in [2.05, 4.69) is 41.1 Å². The minimum absolute atomic E-state index is 0.139. The molecule has 4 aliphatic rings. The van der Waals surface area contributed by atoms with E-state index in [0.717, 1.165) is 61.4 Å². The lowest BCUT2D eigenvalue weighted by molar-refractivity contribution is -0.136. The average molecular weight is 652 g/mol. The Morgan fingerprint density at radius 3 is 2.48 bits per heavy atom. The third-order valence-corrected chi connectivity index (χ3v) is 10.4. The third kappa shape index (κ3) is 5.07. The van der Waals surface area contributed by atoms with Crippen LogP contribution in [0.15, 0.2) is 36.7 Å². The van der Waals surface area contributed by atoms with E-state index in [0.29, 0.717) is 53.4 Å². The maximum Gasteiger partial charge on any atom is 0.255 e. The molecule has 14 heteroatoms. The van der Waals surface area contributed by atoms with Crippen LogP contribution in [0.25, 0.3) is 22.4 Å². The average Bonchev–Trinajstić information content (AvgIpc) is 3.67. The van der Waals surface area contributed by atoms with E-state index >= 15 is 0 Å².